The number of fused-ring (bicyclic) bond motifs is 2. The van der Waals surface area contributed by atoms with E-state index in [2.05, 4.69) is 55.5 Å². The molecule has 1 amide bonds. The number of amides is 1. The van der Waals surface area contributed by atoms with Crippen LogP contribution < -0.4 is 15.5 Å². The Morgan fingerprint density at radius 1 is 1.22 bits per heavy atom. The van der Waals surface area contributed by atoms with Gasteiger partial charge in [-0.1, -0.05) is 38.2 Å². The molecule has 6 rings (SSSR count). The molecule has 0 bridgehead atoms. The number of aromatic amines is 1. The SMILES string of the molecule is C=C1CC1/C=C(\C=C(/C)NC(=O)CC(C)C)c1ccc2[nH]nc(C3=CCc4c(N5CCCCC5)ccnc4N3)c2n1. The predicted octanol–water partition coefficient (Wildman–Crippen LogP) is 6.38. The standard InChI is InChI=1S/C33H39N7O/c1-20(2)16-30(41)35-22(4)18-24(19-23-17-21(23)3)26-10-11-28-31(36-26)32(39-38-28)27-9-8-25-29(12-13-34-33(25)37-27)40-14-6-5-7-15-40/h9-13,18-20,23H,3,5-8,14-17H2,1-2,4H3,(H,34,37)(H,35,41)(H,38,39)/b22-18+,24-19+. The summed E-state index contributed by atoms with van der Waals surface area (Å²) >= 11 is 0. The van der Waals surface area contributed by atoms with E-state index in [1.807, 2.05) is 45.2 Å². The Balaban J connectivity index is 1.30. The predicted molar refractivity (Wildman–Crippen MR) is 166 cm³/mol. The second-order valence-corrected chi connectivity index (χ2v) is 11.9. The molecule has 3 N–H and O–H groups in total. The molecular weight excluding hydrogens is 510 g/mol. The van der Waals surface area contributed by atoms with Crippen LogP contribution in [0.15, 0.2) is 60.5 Å². The third kappa shape index (κ3) is 5.97. The van der Waals surface area contributed by atoms with Gasteiger partial charge in [0.05, 0.1) is 16.9 Å². The van der Waals surface area contributed by atoms with E-state index in [1.54, 1.807) is 0 Å². The van der Waals surface area contributed by atoms with Crippen LogP contribution in [0.25, 0.3) is 22.3 Å². The molecule has 2 aliphatic heterocycles. The molecule has 1 saturated carbocycles. The van der Waals surface area contributed by atoms with Gasteiger partial charge >= 0.3 is 0 Å². The van der Waals surface area contributed by atoms with Crippen molar-refractivity contribution in [3.8, 4) is 0 Å². The Bertz CT molecular complexity index is 1590. The van der Waals surface area contributed by atoms with Gasteiger partial charge in [-0.3, -0.25) is 9.89 Å². The van der Waals surface area contributed by atoms with Gasteiger partial charge in [-0.2, -0.15) is 5.10 Å². The number of aromatic nitrogens is 4. The molecule has 2 fully saturated rings. The van der Waals surface area contributed by atoms with Gasteiger partial charge in [-0.25, -0.2) is 9.97 Å². The van der Waals surface area contributed by atoms with Crippen LogP contribution in [-0.2, 0) is 11.2 Å². The zero-order chi connectivity index (χ0) is 28.5. The van der Waals surface area contributed by atoms with Gasteiger partial charge in [0, 0.05) is 48.6 Å². The second kappa shape index (κ2) is 11.4. The third-order valence-electron chi connectivity index (χ3n) is 7.98. The fourth-order valence-corrected chi connectivity index (χ4v) is 5.74. The molecule has 41 heavy (non-hydrogen) atoms. The van der Waals surface area contributed by atoms with E-state index in [0.717, 1.165) is 71.1 Å². The zero-order valence-corrected chi connectivity index (χ0v) is 24.3. The lowest BCUT2D eigenvalue weighted by atomic mass is 10.0. The van der Waals surface area contributed by atoms with Gasteiger partial charge in [-0.15, -0.1) is 0 Å². The first-order valence-corrected chi connectivity index (χ1v) is 14.8. The molecule has 5 heterocycles. The van der Waals surface area contributed by atoms with Crippen molar-refractivity contribution in [2.75, 3.05) is 23.3 Å². The molecule has 3 aromatic heterocycles. The first kappa shape index (κ1) is 27.0. The van der Waals surface area contributed by atoms with Crippen LogP contribution in [0.1, 0.15) is 69.8 Å². The fraction of sp³-hybridized carbons (Fsp3) is 0.394. The number of H-pyrrole nitrogens is 1. The first-order valence-electron chi connectivity index (χ1n) is 14.8. The molecule has 8 heteroatoms. The number of nitrogens with one attached hydrogen (secondary N) is 3. The number of rotatable bonds is 8. The van der Waals surface area contributed by atoms with E-state index in [9.17, 15) is 4.79 Å². The van der Waals surface area contributed by atoms with Crippen LogP contribution in [0.4, 0.5) is 11.5 Å². The van der Waals surface area contributed by atoms with Crippen LogP contribution in [0.3, 0.4) is 0 Å². The summed E-state index contributed by atoms with van der Waals surface area (Å²) in [6.45, 7) is 12.3. The minimum atomic E-state index is 0.0251. The van der Waals surface area contributed by atoms with Crippen molar-refractivity contribution < 1.29 is 4.79 Å². The van der Waals surface area contributed by atoms with Gasteiger partial charge in [-0.05, 0) is 74.8 Å². The number of piperidine rings is 1. The highest BCUT2D eigenvalue weighted by atomic mass is 16.1. The Hall–Kier alpha value is -4.20. The number of hydrogen-bond acceptors (Lipinski definition) is 6. The van der Waals surface area contributed by atoms with Crippen molar-refractivity contribution in [1.82, 2.24) is 25.5 Å². The molecule has 3 aromatic rings. The molecule has 212 valence electrons. The minimum absolute atomic E-state index is 0.0251. The van der Waals surface area contributed by atoms with Gasteiger partial charge < -0.3 is 15.5 Å². The molecule has 0 radical (unpaired) electrons. The first-order chi connectivity index (χ1) is 19.9. The number of carbonyl (C=O) groups is 1. The number of hydrogen-bond donors (Lipinski definition) is 3. The maximum atomic E-state index is 12.4. The molecule has 1 unspecified atom stereocenters. The van der Waals surface area contributed by atoms with E-state index >= 15 is 0 Å². The average molecular weight is 550 g/mol. The quantitative estimate of drug-likeness (QED) is 0.223. The Morgan fingerprint density at radius 2 is 2.02 bits per heavy atom. The van der Waals surface area contributed by atoms with Crippen molar-refractivity contribution in [1.29, 1.82) is 0 Å². The maximum absolute atomic E-state index is 12.4. The van der Waals surface area contributed by atoms with E-state index in [0.29, 0.717) is 18.3 Å². The minimum Gasteiger partial charge on any atom is -0.371 e. The van der Waals surface area contributed by atoms with Gasteiger partial charge in [0.2, 0.25) is 5.91 Å². The number of pyridine rings is 2. The van der Waals surface area contributed by atoms with Crippen LogP contribution in [0.5, 0.6) is 0 Å². The Morgan fingerprint density at radius 3 is 2.78 bits per heavy atom. The summed E-state index contributed by atoms with van der Waals surface area (Å²) in [4.78, 5) is 24.7. The van der Waals surface area contributed by atoms with Crippen molar-refractivity contribution >= 4 is 39.7 Å². The normalized spacial score (nSPS) is 19.2. The number of nitrogens with zero attached hydrogens (tertiary/aromatic N) is 4. The van der Waals surface area contributed by atoms with Crippen LogP contribution in [-0.4, -0.2) is 39.2 Å². The monoisotopic (exact) mass is 549 g/mol. The molecule has 0 aromatic carbocycles. The lowest BCUT2D eigenvalue weighted by molar-refractivity contribution is -0.121. The zero-order valence-electron chi connectivity index (χ0n) is 24.3. The summed E-state index contributed by atoms with van der Waals surface area (Å²) in [5.74, 6) is 1.55. The summed E-state index contributed by atoms with van der Waals surface area (Å²) in [5.41, 5.74) is 9.68. The molecular formula is C33H39N7O. The van der Waals surface area contributed by atoms with E-state index in [1.165, 1.54) is 36.1 Å². The largest absolute Gasteiger partial charge is 0.371 e. The van der Waals surface area contributed by atoms with Gasteiger partial charge in [0.1, 0.15) is 17.0 Å². The van der Waals surface area contributed by atoms with Crippen LogP contribution >= 0.6 is 0 Å². The number of carbonyl (C=O) groups excluding carboxylic acids is 1. The van der Waals surface area contributed by atoms with Crippen molar-refractivity contribution in [3.63, 3.8) is 0 Å². The molecule has 3 aliphatic rings. The van der Waals surface area contributed by atoms with Crippen molar-refractivity contribution in [3.05, 3.63) is 77.4 Å². The highest BCUT2D eigenvalue weighted by Crippen LogP contribution is 2.40. The van der Waals surface area contributed by atoms with Gasteiger partial charge in [0.25, 0.3) is 0 Å². The molecule has 0 spiro atoms. The summed E-state index contributed by atoms with van der Waals surface area (Å²) in [6.07, 6.45) is 14.4. The summed E-state index contributed by atoms with van der Waals surface area (Å²) in [5, 5.41) is 14.4. The highest BCUT2D eigenvalue weighted by molar-refractivity contribution is 5.93. The Kier molecular flexibility index (Phi) is 7.47. The lowest BCUT2D eigenvalue weighted by Crippen LogP contribution is -2.30. The van der Waals surface area contributed by atoms with Crippen LogP contribution in [0.2, 0.25) is 0 Å². The Labute approximate surface area is 241 Å². The second-order valence-electron chi connectivity index (χ2n) is 11.9. The molecule has 1 atom stereocenters. The maximum Gasteiger partial charge on any atom is 0.224 e. The van der Waals surface area contributed by atoms with Gasteiger partial charge in [0.15, 0.2) is 0 Å². The molecule has 1 saturated heterocycles. The molecule has 1 aliphatic carbocycles. The molecule has 8 nitrogen and oxygen atoms in total. The summed E-state index contributed by atoms with van der Waals surface area (Å²) in [7, 11) is 0. The van der Waals surface area contributed by atoms with Crippen LogP contribution in [0, 0.1) is 11.8 Å². The van der Waals surface area contributed by atoms with E-state index in [-0.39, 0.29) is 5.91 Å². The fourth-order valence-electron chi connectivity index (χ4n) is 5.74. The number of anilines is 2. The van der Waals surface area contributed by atoms with E-state index in [4.69, 9.17) is 4.98 Å². The third-order valence-corrected chi connectivity index (χ3v) is 7.98. The topological polar surface area (TPSA) is 98.8 Å². The summed E-state index contributed by atoms with van der Waals surface area (Å²) < 4.78 is 0. The smallest absolute Gasteiger partial charge is 0.224 e. The van der Waals surface area contributed by atoms with Crippen molar-refractivity contribution in [2.45, 2.75) is 59.3 Å². The highest BCUT2D eigenvalue weighted by Gasteiger charge is 2.26. The lowest BCUT2D eigenvalue weighted by Gasteiger charge is -2.32. The average Bonchev–Trinajstić information content (AvgIpc) is 3.49. The summed E-state index contributed by atoms with van der Waals surface area (Å²) in [6, 6.07) is 6.17. The van der Waals surface area contributed by atoms with E-state index < -0.39 is 0 Å². The number of allylic oxidation sites excluding steroid dienone is 6. The van der Waals surface area contributed by atoms with Crippen molar-refractivity contribution in [2.24, 2.45) is 11.8 Å².